The quantitative estimate of drug-likeness (QED) is 0.522. The number of aryl methyl sites for hydroxylation is 1. The van der Waals surface area contributed by atoms with Crippen molar-refractivity contribution in [2.45, 2.75) is 13.0 Å². The van der Waals surface area contributed by atoms with Gasteiger partial charge in [-0.3, -0.25) is 0 Å². The zero-order chi connectivity index (χ0) is 16.3. The van der Waals surface area contributed by atoms with Crippen LogP contribution in [0.3, 0.4) is 0 Å². The lowest BCUT2D eigenvalue weighted by Crippen LogP contribution is -2.01. The fraction of sp³-hybridized carbons (Fsp3) is 0.176. The SMILES string of the molecule is Nc1cc2c3c(c1)nc(-c1ccc4oc(N)nc4c1)n3CCCO2. The monoisotopic (exact) mass is 321 g/mol. The van der Waals surface area contributed by atoms with Crippen LogP contribution in [0.25, 0.3) is 33.5 Å². The van der Waals surface area contributed by atoms with Crippen LogP contribution < -0.4 is 16.2 Å². The molecule has 7 nitrogen and oxygen atoms in total. The predicted molar refractivity (Wildman–Crippen MR) is 91.7 cm³/mol. The zero-order valence-corrected chi connectivity index (χ0v) is 12.8. The molecule has 3 heterocycles. The first-order valence-corrected chi connectivity index (χ1v) is 7.78. The zero-order valence-electron chi connectivity index (χ0n) is 12.8. The maximum Gasteiger partial charge on any atom is 0.292 e. The average Bonchev–Trinajstić information content (AvgIpc) is 3.02. The van der Waals surface area contributed by atoms with Crippen molar-refractivity contribution in [3.63, 3.8) is 0 Å². The number of nitrogens with zero attached hydrogens (tertiary/aromatic N) is 3. The first-order chi connectivity index (χ1) is 11.7. The molecule has 24 heavy (non-hydrogen) atoms. The molecule has 0 unspecified atom stereocenters. The number of fused-ring (bicyclic) bond motifs is 1. The van der Waals surface area contributed by atoms with Crippen LogP contribution in [-0.4, -0.2) is 21.1 Å². The summed E-state index contributed by atoms with van der Waals surface area (Å²) in [5.74, 6) is 1.65. The Kier molecular flexibility index (Phi) is 2.56. The number of imidazole rings is 1. The normalized spacial score (nSPS) is 14.0. The number of oxazole rings is 1. The molecular formula is C17H15N5O2. The largest absolute Gasteiger partial charge is 0.491 e. The molecule has 4 N–H and O–H groups in total. The third-order valence-electron chi connectivity index (χ3n) is 4.28. The summed E-state index contributed by atoms with van der Waals surface area (Å²) in [7, 11) is 0. The third-order valence-corrected chi connectivity index (χ3v) is 4.28. The summed E-state index contributed by atoms with van der Waals surface area (Å²) in [5, 5.41) is 0. The molecular weight excluding hydrogens is 306 g/mol. The standard InChI is InChI=1S/C17H15N5O2/c18-10-7-12-15-14(8-10)23-5-1-4-22(15)16(20-12)9-2-3-13-11(6-9)21-17(19)24-13/h2-3,6-8H,1,4-5,18H2,(H2,19,21). The number of anilines is 2. The van der Waals surface area contributed by atoms with Crippen LogP contribution in [0.4, 0.5) is 11.7 Å². The number of ether oxygens (including phenoxy) is 1. The molecule has 0 aliphatic carbocycles. The third kappa shape index (κ3) is 1.84. The second kappa shape index (κ2) is 4.64. The van der Waals surface area contributed by atoms with Crippen LogP contribution in [0, 0.1) is 0 Å². The van der Waals surface area contributed by atoms with E-state index in [0.29, 0.717) is 17.9 Å². The van der Waals surface area contributed by atoms with Gasteiger partial charge in [0.05, 0.1) is 12.1 Å². The minimum Gasteiger partial charge on any atom is -0.491 e. The first kappa shape index (κ1) is 13.2. The summed E-state index contributed by atoms with van der Waals surface area (Å²) in [6.07, 6.45) is 0.909. The van der Waals surface area contributed by atoms with E-state index in [1.165, 1.54) is 0 Å². The molecule has 0 bridgehead atoms. The molecule has 0 fully saturated rings. The van der Waals surface area contributed by atoms with E-state index >= 15 is 0 Å². The van der Waals surface area contributed by atoms with E-state index in [0.717, 1.165) is 46.7 Å². The van der Waals surface area contributed by atoms with Gasteiger partial charge < -0.3 is 25.2 Å². The van der Waals surface area contributed by atoms with Gasteiger partial charge in [-0.15, -0.1) is 0 Å². The summed E-state index contributed by atoms with van der Waals surface area (Å²) >= 11 is 0. The molecule has 0 saturated carbocycles. The predicted octanol–water partition coefficient (Wildman–Crippen LogP) is 2.79. The summed E-state index contributed by atoms with van der Waals surface area (Å²) in [6.45, 7) is 1.50. The van der Waals surface area contributed by atoms with Gasteiger partial charge in [-0.25, -0.2) is 4.98 Å². The fourth-order valence-electron chi connectivity index (χ4n) is 3.29. The number of hydrogen-bond donors (Lipinski definition) is 2. The van der Waals surface area contributed by atoms with Gasteiger partial charge in [0, 0.05) is 23.9 Å². The summed E-state index contributed by atoms with van der Waals surface area (Å²) in [4.78, 5) is 8.99. The fourth-order valence-corrected chi connectivity index (χ4v) is 3.29. The van der Waals surface area contributed by atoms with Crippen LogP contribution in [0.15, 0.2) is 34.7 Å². The van der Waals surface area contributed by atoms with Crippen molar-refractivity contribution in [1.82, 2.24) is 14.5 Å². The molecule has 0 spiro atoms. The Morgan fingerprint density at radius 2 is 1.96 bits per heavy atom. The van der Waals surface area contributed by atoms with E-state index in [2.05, 4.69) is 9.55 Å². The lowest BCUT2D eigenvalue weighted by Gasteiger charge is -2.07. The van der Waals surface area contributed by atoms with Crippen molar-refractivity contribution in [2.24, 2.45) is 0 Å². The van der Waals surface area contributed by atoms with Crippen molar-refractivity contribution in [1.29, 1.82) is 0 Å². The van der Waals surface area contributed by atoms with E-state index in [4.69, 9.17) is 25.6 Å². The number of nitrogen functional groups attached to an aromatic ring is 2. The van der Waals surface area contributed by atoms with E-state index in [-0.39, 0.29) is 6.01 Å². The highest BCUT2D eigenvalue weighted by atomic mass is 16.5. The summed E-state index contributed by atoms with van der Waals surface area (Å²) < 4.78 is 13.4. The lowest BCUT2D eigenvalue weighted by molar-refractivity contribution is 0.316. The Morgan fingerprint density at radius 1 is 1.04 bits per heavy atom. The van der Waals surface area contributed by atoms with E-state index < -0.39 is 0 Å². The number of hydrogen-bond acceptors (Lipinski definition) is 6. The minimum absolute atomic E-state index is 0.164. The van der Waals surface area contributed by atoms with Gasteiger partial charge >= 0.3 is 0 Å². The van der Waals surface area contributed by atoms with Crippen molar-refractivity contribution < 1.29 is 9.15 Å². The molecule has 120 valence electrons. The van der Waals surface area contributed by atoms with Crippen molar-refractivity contribution >= 4 is 33.8 Å². The van der Waals surface area contributed by atoms with Gasteiger partial charge in [0.1, 0.15) is 22.6 Å². The van der Waals surface area contributed by atoms with Gasteiger partial charge in [-0.1, -0.05) is 0 Å². The van der Waals surface area contributed by atoms with Crippen LogP contribution >= 0.6 is 0 Å². The smallest absolute Gasteiger partial charge is 0.292 e. The Labute approximate surface area is 136 Å². The molecule has 7 heteroatoms. The second-order valence-electron chi connectivity index (χ2n) is 5.91. The maximum absolute atomic E-state index is 5.98. The lowest BCUT2D eigenvalue weighted by atomic mass is 10.2. The molecule has 0 atom stereocenters. The van der Waals surface area contributed by atoms with E-state index in [1.54, 1.807) is 0 Å². The molecule has 0 amide bonds. The van der Waals surface area contributed by atoms with E-state index in [1.807, 2.05) is 30.3 Å². The topological polar surface area (TPSA) is 105 Å². The highest BCUT2D eigenvalue weighted by molar-refractivity contribution is 5.90. The Bertz CT molecular complexity index is 1100. The number of nitrogens with two attached hydrogens (primary N) is 2. The Balaban J connectivity index is 1.79. The summed E-state index contributed by atoms with van der Waals surface area (Å²) in [6, 6.07) is 9.67. The molecule has 2 aromatic heterocycles. The average molecular weight is 321 g/mol. The van der Waals surface area contributed by atoms with Crippen LogP contribution in [0.5, 0.6) is 5.75 Å². The van der Waals surface area contributed by atoms with Crippen LogP contribution in [0.1, 0.15) is 6.42 Å². The Hall–Kier alpha value is -3.22. The number of benzene rings is 2. The van der Waals surface area contributed by atoms with Crippen molar-refractivity contribution in [3.05, 3.63) is 30.3 Å². The highest BCUT2D eigenvalue weighted by Crippen LogP contribution is 2.35. The molecule has 5 rings (SSSR count). The second-order valence-corrected chi connectivity index (χ2v) is 5.91. The highest BCUT2D eigenvalue weighted by Gasteiger charge is 2.20. The number of aromatic nitrogens is 3. The van der Waals surface area contributed by atoms with E-state index in [9.17, 15) is 0 Å². The molecule has 4 aromatic rings. The van der Waals surface area contributed by atoms with Gasteiger partial charge in [-0.2, -0.15) is 4.98 Å². The van der Waals surface area contributed by atoms with Gasteiger partial charge in [-0.05, 0) is 30.7 Å². The maximum atomic E-state index is 5.98. The molecule has 1 aliphatic rings. The summed E-state index contributed by atoms with van der Waals surface area (Å²) in [5.41, 5.74) is 16.4. The van der Waals surface area contributed by atoms with Crippen molar-refractivity contribution in [2.75, 3.05) is 18.1 Å². The molecule has 2 aromatic carbocycles. The van der Waals surface area contributed by atoms with Crippen LogP contribution in [0.2, 0.25) is 0 Å². The number of rotatable bonds is 1. The van der Waals surface area contributed by atoms with Gasteiger partial charge in [0.25, 0.3) is 6.01 Å². The van der Waals surface area contributed by atoms with Crippen molar-refractivity contribution in [3.8, 4) is 17.1 Å². The van der Waals surface area contributed by atoms with Gasteiger partial charge in [0.15, 0.2) is 5.58 Å². The Morgan fingerprint density at radius 3 is 2.88 bits per heavy atom. The molecule has 1 aliphatic heterocycles. The van der Waals surface area contributed by atoms with Crippen LogP contribution in [-0.2, 0) is 6.54 Å². The molecule has 0 saturated heterocycles. The first-order valence-electron chi connectivity index (χ1n) is 7.78. The minimum atomic E-state index is 0.164. The molecule has 0 radical (unpaired) electrons. The van der Waals surface area contributed by atoms with Gasteiger partial charge in [0.2, 0.25) is 0 Å².